The summed E-state index contributed by atoms with van der Waals surface area (Å²) in [6.07, 6.45) is 2.67. The van der Waals surface area contributed by atoms with E-state index < -0.39 is 0 Å². The number of nitrogen functional groups attached to an aromatic ring is 1. The van der Waals surface area contributed by atoms with Crippen molar-refractivity contribution in [3.8, 4) is 0 Å². The van der Waals surface area contributed by atoms with Crippen LogP contribution in [0.5, 0.6) is 0 Å². The molecule has 0 atom stereocenters. The lowest BCUT2D eigenvalue weighted by molar-refractivity contribution is 0.723. The molecule has 0 unspecified atom stereocenters. The van der Waals surface area contributed by atoms with Gasteiger partial charge in [0.25, 0.3) is 0 Å². The molecule has 0 bridgehead atoms. The number of aromatic nitrogens is 2. The minimum atomic E-state index is 0.733. The van der Waals surface area contributed by atoms with Crippen molar-refractivity contribution >= 4 is 22.4 Å². The predicted molar refractivity (Wildman–Crippen MR) is 85.1 cm³/mol. The van der Waals surface area contributed by atoms with Crippen LogP contribution in [-0.4, -0.2) is 16.5 Å². The SMILES string of the molecule is Nc1ccc2c(N3CCc4ccccc4C3)ncnc2c1. The normalized spacial score (nSPS) is 14.2. The Labute approximate surface area is 123 Å². The van der Waals surface area contributed by atoms with Gasteiger partial charge in [-0.05, 0) is 35.7 Å². The zero-order chi connectivity index (χ0) is 14.2. The van der Waals surface area contributed by atoms with Crippen LogP contribution in [0.25, 0.3) is 10.9 Å². The number of nitrogens with zero attached hydrogens (tertiary/aromatic N) is 3. The first-order valence-corrected chi connectivity index (χ1v) is 7.13. The molecule has 2 N–H and O–H groups in total. The van der Waals surface area contributed by atoms with Crippen molar-refractivity contribution in [1.29, 1.82) is 0 Å². The van der Waals surface area contributed by atoms with Crippen molar-refractivity contribution in [2.24, 2.45) is 0 Å². The Morgan fingerprint density at radius 2 is 1.86 bits per heavy atom. The quantitative estimate of drug-likeness (QED) is 0.694. The van der Waals surface area contributed by atoms with Crippen LogP contribution >= 0.6 is 0 Å². The smallest absolute Gasteiger partial charge is 0.140 e. The van der Waals surface area contributed by atoms with E-state index in [1.807, 2.05) is 18.2 Å². The van der Waals surface area contributed by atoms with E-state index in [4.69, 9.17) is 5.73 Å². The van der Waals surface area contributed by atoms with Crippen molar-refractivity contribution in [2.75, 3.05) is 17.2 Å². The second-order valence-corrected chi connectivity index (χ2v) is 5.41. The summed E-state index contributed by atoms with van der Waals surface area (Å²) < 4.78 is 0. The molecular formula is C17H16N4. The van der Waals surface area contributed by atoms with E-state index in [0.717, 1.165) is 41.9 Å². The Bertz CT molecular complexity index is 813. The average Bonchev–Trinajstić information content (AvgIpc) is 2.53. The molecule has 21 heavy (non-hydrogen) atoms. The van der Waals surface area contributed by atoms with Crippen molar-refractivity contribution in [3.63, 3.8) is 0 Å². The highest BCUT2D eigenvalue weighted by Gasteiger charge is 2.18. The number of fused-ring (bicyclic) bond motifs is 2. The van der Waals surface area contributed by atoms with Gasteiger partial charge in [0.05, 0.1) is 5.52 Å². The van der Waals surface area contributed by atoms with Crippen LogP contribution in [-0.2, 0) is 13.0 Å². The third kappa shape index (κ3) is 2.09. The first-order chi connectivity index (χ1) is 10.3. The summed E-state index contributed by atoms with van der Waals surface area (Å²) in [6.45, 7) is 1.88. The Hall–Kier alpha value is -2.62. The molecule has 0 fully saturated rings. The summed E-state index contributed by atoms with van der Waals surface area (Å²) in [5, 5.41) is 1.06. The zero-order valence-electron chi connectivity index (χ0n) is 11.7. The number of hydrogen-bond donors (Lipinski definition) is 1. The van der Waals surface area contributed by atoms with E-state index in [1.54, 1.807) is 6.33 Å². The maximum atomic E-state index is 5.84. The summed E-state index contributed by atoms with van der Waals surface area (Å²) in [4.78, 5) is 11.2. The molecule has 4 heteroatoms. The van der Waals surface area contributed by atoms with Crippen LogP contribution in [0.3, 0.4) is 0 Å². The van der Waals surface area contributed by atoms with Gasteiger partial charge in [-0.1, -0.05) is 24.3 Å². The van der Waals surface area contributed by atoms with Crippen molar-refractivity contribution in [2.45, 2.75) is 13.0 Å². The second kappa shape index (κ2) is 4.74. The molecule has 2 heterocycles. The lowest BCUT2D eigenvalue weighted by Crippen LogP contribution is -2.31. The molecule has 0 amide bonds. The van der Waals surface area contributed by atoms with E-state index in [1.165, 1.54) is 11.1 Å². The molecule has 1 aliphatic heterocycles. The maximum absolute atomic E-state index is 5.84. The molecule has 0 aliphatic carbocycles. The fourth-order valence-electron chi connectivity index (χ4n) is 2.99. The molecule has 104 valence electrons. The first-order valence-electron chi connectivity index (χ1n) is 7.13. The fraction of sp³-hybridized carbons (Fsp3) is 0.176. The standard InChI is InChI=1S/C17H16N4/c18-14-5-6-15-16(9-14)19-11-20-17(15)21-8-7-12-3-1-2-4-13(12)10-21/h1-6,9,11H,7-8,10,18H2. The van der Waals surface area contributed by atoms with Gasteiger partial charge in [0, 0.05) is 24.2 Å². The van der Waals surface area contributed by atoms with Gasteiger partial charge in [-0.15, -0.1) is 0 Å². The summed E-state index contributed by atoms with van der Waals surface area (Å²) >= 11 is 0. The van der Waals surface area contributed by atoms with Gasteiger partial charge in [0.15, 0.2) is 0 Å². The van der Waals surface area contributed by atoms with Crippen molar-refractivity contribution < 1.29 is 0 Å². The molecular weight excluding hydrogens is 260 g/mol. The Balaban J connectivity index is 1.78. The zero-order valence-corrected chi connectivity index (χ0v) is 11.7. The van der Waals surface area contributed by atoms with E-state index in [-0.39, 0.29) is 0 Å². The number of anilines is 2. The van der Waals surface area contributed by atoms with Crippen LogP contribution in [0, 0.1) is 0 Å². The summed E-state index contributed by atoms with van der Waals surface area (Å²) in [5.41, 5.74) is 10.3. The van der Waals surface area contributed by atoms with E-state index in [0.29, 0.717) is 0 Å². The Morgan fingerprint density at radius 3 is 2.76 bits per heavy atom. The van der Waals surface area contributed by atoms with E-state index >= 15 is 0 Å². The topological polar surface area (TPSA) is 55.0 Å². The fourth-order valence-corrected chi connectivity index (χ4v) is 2.99. The van der Waals surface area contributed by atoms with Gasteiger partial charge < -0.3 is 10.6 Å². The van der Waals surface area contributed by atoms with E-state index in [2.05, 4.69) is 39.1 Å². The molecule has 1 aliphatic rings. The van der Waals surface area contributed by atoms with Gasteiger partial charge in [0.1, 0.15) is 12.1 Å². The molecule has 4 rings (SSSR count). The highest BCUT2D eigenvalue weighted by Crippen LogP contribution is 2.28. The van der Waals surface area contributed by atoms with Crippen LogP contribution in [0.1, 0.15) is 11.1 Å². The lowest BCUT2D eigenvalue weighted by atomic mass is 10.00. The van der Waals surface area contributed by atoms with Gasteiger partial charge >= 0.3 is 0 Å². The Morgan fingerprint density at radius 1 is 1.00 bits per heavy atom. The number of hydrogen-bond acceptors (Lipinski definition) is 4. The van der Waals surface area contributed by atoms with Gasteiger partial charge in [-0.2, -0.15) is 0 Å². The summed E-state index contributed by atoms with van der Waals surface area (Å²) in [5.74, 6) is 0.995. The summed E-state index contributed by atoms with van der Waals surface area (Å²) in [6, 6.07) is 14.4. The predicted octanol–water partition coefficient (Wildman–Crippen LogP) is 2.77. The highest BCUT2D eigenvalue weighted by atomic mass is 15.2. The minimum absolute atomic E-state index is 0.733. The monoisotopic (exact) mass is 276 g/mol. The van der Waals surface area contributed by atoms with Gasteiger partial charge in [-0.3, -0.25) is 0 Å². The molecule has 1 aromatic heterocycles. The molecule has 0 spiro atoms. The maximum Gasteiger partial charge on any atom is 0.140 e. The third-order valence-corrected chi connectivity index (χ3v) is 4.07. The average molecular weight is 276 g/mol. The largest absolute Gasteiger partial charge is 0.399 e. The minimum Gasteiger partial charge on any atom is -0.399 e. The van der Waals surface area contributed by atoms with Crippen LogP contribution in [0.4, 0.5) is 11.5 Å². The van der Waals surface area contributed by atoms with E-state index in [9.17, 15) is 0 Å². The van der Waals surface area contributed by atoms with Crippen molar-refractivity contribution in [3.05, 3.63) is 59.9 Å². The van der Waals surface area contributed by atoms with Crippen LogP contribution < -0.4 is 10.6 Å². The highest BCUT2D eigenvalue weighted by molar-refractivity contribution is 5.91. The number of benzene rings is 2. The molecule has 0 saturated carbocycles. The third-order valence-electron chi connectivity index (χ3n) is 4.07. The number of rotatable bonds is 1. The van der Waals surface area contributed by atoms with Gasteiger partial charge in [-0.25, -0.2) is 9.97 Å². The summed E-state index contributed by atoms with van der Waals surface area (Å²) in [7, 11) is 0. The molecule has 0 radical (unpaired) electrons. The lowest BCUT2D eigenvalue weighted by Gasteiger charge is -2.30. The Kier molecular flexibility index (Phi) is 2.74. The molecule has 3 aromatic rings. The van der Waals surface area contributed by atoms with Crippen LogP contribution in [0.2, 0.25) is 0 Å². The first kappa shape index (κ1) is 12.1. The molecule has 0 saturated heterocycles. The van der Waals surface area contributed by atoms with Gasteiger partial charge in [0.2, 0.25) is 0 Å². The van der Waals surface area contributed by atoms with Crippen molar-refractivity contribution in [1.82, 2.24) is 9.97 Å². The molecule has 2 aromatic carbocycles. The molecule has 4 nitrogen and oxygen atoms in total. The number of nitrogens with two attached hydrogens (primary N) is 1. The van der Waals surface area contributed by atoms with Crippen LogP contribution in [0.15, 0.2) is 48.8 Å². The second-order valence-electron chi connectivity index (χ2n) is 5.41.